The predicted octanol–water partition coefficient (Wildman–Crippen LogP) is 3.02. The third-order valence-corrected chi connectivity index (χ3v) is 3.07. The largest absolute Gasteiger partial charge is 0.467 e. The van der Waals surface area contributed by atoms with Crippen LogP contribution in [0.25, 0.3) is 0 Å². The summed E-state index contributed by atoms with van der Waals surface area (Å²) in [6.07, 6.45) is 2.90. The van der Waals surface area contributed by atoms with Gasteiger partial charge in [-0.2, -0.15) is 0 Å². The van der Waals surface area contributed by atoms with Gasteiger partial charge in [0, 0.05) is 18.0 Å². The standard InChI is InChI=1S/C16H12F2N4O2/c17-12-4-3-10(8-13(12)18)21-16-19-6-5-14(22-16)15(23)20-9-11-2-1-7-24-11/h1-8H,9H2,(H,20,23)(H,19,21,22). The fraction of sp³-hybridized carbons (Fsp3) is 0.0625. The van der Waals surface area contributed by atoms with Crippen LogP contribution in [0.4, 0.5) is 20.4 Å². The van der Waals surface area contributed by atoms with E-state index in [1.165, 1.54) is 24.6 Å². The van der Waals surface area contributed by atoms with Crippen LogP contribution in [0.2, 0.25) is 0 Å². The van der Waals surface area contributed by atoms with Crippen molar-refractivity contribution < 1.29 is 18.0 Å². The summed E-state index contributed by atoms with van der Waals surface area (Å²) in [5, 5.41) is 5.36. The molecule has 6 nitrogen and oxygen atoms in total. The number of nitrogens with one attached hydrogen (secondary N) is 2. The summed E-state index contributed by atoms with van der Waals surface area (Å²) in [4.78, 5) is 20.0. The number of anilines is 2. The number of carbonyl (C=O) groups is 1. The Labute approximate surface area is 135 Å². The van der Waals surface area contributed by atoms with Crippen molar-refractivity contribution in [3.05, 3.63) is 71.9 Å². The highest BCUT2D eigenvalue weighted by Crippen LogP contribution is 2.16. The maximum absolute atomic E-state index is 13.2. The predicted molar refractivity (Wildman–Crippen MR) is 81.6 cm³/mol. The summed E-state index contributed by atoms with van der Waals surface area (Å²) >= 11 is 0. The van der Waals surface area contributed by atoms with Gasteiger partial charge in [0.05, 0.1) is 12.8 Å². The molecule has 0 atom stereocenters. The molecule has 0 saturated carbocycles. The van der Waals surface area contributed by atoms with Crippen LogP contribution in [0.5, 0.6) is 0 Å². The van der Waals surface area contributed by atoms with E-state index in [0.717, 1.165) is 12.1 Å². The van der Waals surface area contributed by atoms with Crippen LogP contribution >= 0.6 is 0 Å². The molecule has 3 rings (SSSR count). The van der Waals surface area contributed by atoms with Crippen molar-refractivity contribution in [3.63, 3.8) is 0 Å². The lowest BCUT2D eigenvalue weighted by atomic mass is 10.3. The Morgan fingerprint density at radius 1 is 1.17 bits per heavy atom. The second-order valence-corrected chi connectivity index (χ2v) is 4.78. The minimum Gasteiger partial charge on any atom is -0.467 e. The summed E-state index contributed by atoms with van der Waals surface area (Å²) in [5.41, 5.74) is 0.392. The molecule has 2 N–H and O–H groups in total. The van der Waals surface area contributed by atoms with Crippen molar-refractivity contribution >= 4 is 17.5 Å². The van der Waals surface area contributed by atoms with Crippen LogP contribution in [-0.4, -0.2) is 15.9 Å². The Hall–Kier alpha value is -3.29. The molecule has 8 heteroatoms. The van der Waals surface area contributed by atoms with E-state index in [0.29, 0.717) is 5.76 Å². The van der Waals surface area contributed by atoms with E-state index >= 15 is 0 Å². The van der Waals surface area contributed by atoms with Crippen LogP contribution in [0.1, 0.15) is 16.2 Å². The summed E-state index contributed by atoms with van der Waals surface area (Å²) in [6.45, 7) is 0.224. The average Bonchev–Trinajstić information content (AvgIpc) is 3.10. The zero-order valence-corrected chi connectivity index (χ0v) is 12.3. The van der Waals surface area contributed by atoms with Crippen LogP contribution in [-0.2, 0) is 6.54 Å². The van der Waals surface area contributed by atoms with E-state index in [-0.39, 0.29) is 23.9 Å². The van der Waals surface area contributed by atoms with Crippen molar-refractivity contribution in [1.82, 2.24) is 15.3 Å². The normalized spacial score (nSPS) is 10.4. The van der Waals surface area contributed by atoms with Crippen molar-refractivity contribution in [2.24, 2.45) is 0 Å². The summed E-state index contributed by atoms with van der Waals surface area (Å²) in [7, 11) is 0. The van der Waals surface area contributed by atoms with Gasteiger partial charge in [-0.25, -0.2) is 18.7 Å². The number of hydrogen-bond acceptors (Lipinski definition) is 5. The smallest absolute Gasteiger partial charge is 0.270 e. The highest BCUT2D eigenvalue weighted by molar-refractivity contribution is 5.92. The van der Waals surface area contributed by atoms with Crippen molar-refractivity contribution in [3.8, 4) is 0 Å². The zero-order chi connectivity index (χ0) is 16.9. The average molecular weight is 330 g/mol. The van der Waals surface area contributed by atoms with E-state index in [9.17, 15) is 13.6 Å². The monoisotopic (exact) mass is 330 g/mol. The Morgan fingerprint density at radius 2 is 2.04 bits per heavy atom. The highest BCUT2D eigenvalue weighted by Gasteiger charge is 2.10. The van der Waals surface area contributed by atoms with Gasteiger partial charge in [-0.15, -0.1) is 0 Å². The highest BCUT2D eigenvalue weighted by atomic mass is 19.2. The number of furan rings is 1. The molecule has 122 valence electrons. The quantitative estimate of drug-likeness (QED) is 0.752. The molecular weight excluding hydrogens is 318 g/mol. The van der Waals surface area contributed by atoms with E-state index in [4.69, 9.17) is 4.42 Å². The van der Waals surface area contributed by atoms with Gasteiger partial charge in [-0.1, -0.05) is 0 Å². The molecule has 0 bridgehead atoms. The van der Waals surface area contributed by atoms with Crippen molar-refractivity contribution in [2.75, 3.05) is 5.32 Å². The Morgan fingerprint density at radius 3 is 2.79 bits per heavy atom. The number of carbonyl (C=O) groups excluding carboxylic acids is 1. The van der Waals surface area contributed by atoms with Crippen LogP contribution in [0, 0.1) is 11.6 Å². The Bertz CT molecular complexity index is 853. The molecule has 2 aromatic heterocycles. The fourth-order valence-electron chi connectivity index (χ4n) is 1.92. The maximum Gasteiger partial charge on any atom is 0.270 e. The van der Waals surface area contributed by atoms with Crippen LogP contribution < -0.4 is 10.6 Å². The van der Waals surface area contributed by atoms with Gasteiger partial charge in [0.25, 0.3) is 5.91 Å². The van der Waals surface area contributed by atoms with Crippen molar-refractivity contribution in [1.29, 1.82) is 0 Å². The fourth-order valence-corrected chi connectivity index (χ4v) is 1.92. The number of nitrogens with zero attached hydrogens (tertiary/aromatic N) is 2. The number of aromatic nitrogens is 2. The number of benzene rings is 1. The van der Waals surface area contributed by atoms with Crippen molar-refractivity contribution in [2.45, 2.75) is 6.54 Å². The molecule has 0 spiro atoms. The first kappa shape index (κ1) is 15.6. The van der Waals surface area contributed by atoms with Crippen LogP contribution in [0.3, 0.4) is 0 Å². The van der Waals surface area contributed by atoms with E-state index in [1.807, 2.05) is 0 Å². The molecule has 0 radical (unpaired) electrons. The molecule has 24 heavy (non-hydrogen) atoms. The minimum absolute atomic E-state index is 0.0895. The second-order valence-electron chi connectivity index (χ2n) is 4.78. The molecule has 3 aromatic rings. The summed E-state index contributed by atoms with van der Waals surface area (Å²) in [5.74, 6) is -1.66. The molecule has 0 unspecified atom stereocenters. The second kappa shape index (κ2) is 6.86. The third-order valence-electron chi connectivity index (χ3n) is 3.07. The van der Waals surface area contributed by atoms with E-state index in [1.54, 1.807) is 12.1 Å². The number of hydrogen-bond donors (Lipinski definition) is 2. The van der Waals surface area contributed by atoms with Gasteiger partial charge in [0.1, 0.15) is 11.5 Å². The molecule has 2 heterocycles. The maximum atomic E-state index is 13.2. The lowest BCUT2D eigenvalue weighted by Crippen LogP contribution is -2.23. The lowest BCUT2D eigenvalue weighted by Gasteiger charge is -2.07. The molecular formula is C16H12F2N4O2. The van der Waals surface area contributed by atoms with Gasteiger partial charge in [-0.05, 0) is 30.3 Å². The molecule has 0 fully saturated rings. The minimum atomic E-state index is -0.993. The number of halogens is 2. The Kier molecular flexibility index (Phi) is 4.46. The molecule has 1 aromatic carbocycles. The van der Waals surface area contributed by atoms with Gasteiger partial charge in [0.2, 0.25) is 5.95 Å². The molecule has 1 amide bonds. The lowest BCUT2D eigenvalue weighted by molar-refractivity contribution is 0.0943. The van der Waals surface area contributed by atoms with Gasteiger partial charge >= 0.3 is 0 Å². The topological polar surface area (TPSA) is 80.0 Å². The molecule has 0 aliphatic carbocycles. The third kappa shape index (κ3) is 3.72. The molecule has 0 aliphatic rings. The molecule has 0 aliphatic heterocycles. The first-order valence-electron chi connectivity index (χ1n) is 6.97. The van der Waals surface area contributed by atoms with Gasteiger partial charge in [0.15, 0.2) is 11.6 Å². The first-order chi connectivity index (χ1) is 11.6. The van der Waals surface area contributed by atoms with Crippen LogP contribution in [0.15, 0.2) is 53.3 Å². The van der Waals surface area contributed by atoms with E-state index in [2.05, 4.69) is 20.6 Å². The number of rotatable bonds is 5. The number of amides is 1. The zero-order valence-electron chi connectivity index (χ0n) is 12.3. The first-order valence-corrected chi connectivity index (χ1v) is 6.97. The van der Waals surface area contributed by atoms with Gasteiger partial charge < -0.3 is 15.1 Å². The SMILES string of the molecule is O=C(NCc1ccco1)c1ccnc(Nc2ccc(F)c(F)c2)n1. The Balaban J connectivity index is 1.68. The molecule has 0 saturated heterocycles. The summed E-state index contributed by atoms with van der Waals surface area (Å²) < 4.78 is 31.2. The summed E-state index contributed by atoms with van der Waals surface area (Å²) in [6, 6.07) is 8.19. The van der Waals surface area contributed by atoms with E-state index < -0.39 is 17.5 Å². The van der Waals surface area contributed by atoms with Gasteiger partial charge in [-0.3, -0.25) is 4.79 Å².